The molecule has 1 N–H and O–H groups in total. The fourth-order valence-electron chi connectivity index (χ4n) is 5.31. The maximum Gasteiger partial charge on any atom is 0.332 e. The number of methoxy groups -OCH3 is 1. The summed E-state index contributed by atoms with van der Waals surface area (Å²) >= 11 is 0. The van der Waals surface area contributed by atoms with Gasteiger partial charge in [-0.2, -0.15) is 0 Å². The number of aromatic nitrogens is 1. The molecule has 2 aromatic rings. The molecule has 0 bridgehead atoms. The molecule has 0 radical (unpaired) electrons. The van der Waals surface area contributed by atoms with Crippen LogP contribution in [0.25, 0.3) is 10.9 Å². The molecule has 1 aliphatic heterocycles. The number of fused-ring (bicyclic) bond motifs is 1. The zero-order valence-corrected chi connectivity index (χ0v) is 22.1. The Morgan fingerprint density at radius 2 is 1.95 bits per heavy atom. The summed E-state index contributed by atoms with van der Waals surface area (Å²) in [6.07, 6.45) is 10.8. The van der Waals surface area contributed by atoms with Gasteiger partial charge in [-0.1, -0.05) is 37.1 Å². The van der Waals surface area contributed by atoms with Gasteiger partial charge >= 0.3 is 5.97 Å². The number of esters is 1. The van der Waals surface area contributed by atoms with Crippen LogP contribution in [-0.4, -0.2) is 59.0 Å². The fourth-order valence-corrected chi connectivity index (χ4v) is 5.31. The van der Waals surface area contributed by atoms with E-state index in [1.54, 1.807) is 23.2 Å². The average molecular weight is 520 g/mol. The highest BCUT2D eigenvalue weighted by molar-refractivity contribution is 5.95. The van der Waals surface area contributed by atoms with E-state index in [1.807, 2.05) is 30.3 Å². The number of pyridine rings is 1. The Labute approximate surface area is 224 Å². The second-order valence-electron chi connectivity index (χ2n) is 10.1. The van der Waals surface area contributed by atoms with Crippen molar-refractivity contribution >= 4 is 28.7 Å². The molecule has 1 aliphatic carbocycles. The minimum atomic E-state index is -1.12. The van der Waals surface area contributed by atoms with Gasteiger partial charge in [0.05, 0.1) is 19.2 Å². The second kappa shape index (κ2) is 12.2. The van der Waals surface area contributed by atoms with E-state index in [1.165, 1.54) is 7.11 Å². The first-order valence-corrected chi connectivity index (χ1v) is 13.4. The van der Waals surface area contributed by atoms with Crippen molar-refractivity contribution in [2.45, 2.75) is 69.1 Å². The first kappa shape index (κ1) is 27.4. The van der Waals surface area contributed by atoms with Gasteiger partial charge in [0.1, 0.15) is 23.4 Å². The number of carbonyl (C=O) groups excluding carboxylic acids is 3. The van der Waals surface area contributed by atoms with E-state index < -0.39 is 17.6 Å². The number of nitrogens with zero attached hydrogens (tertiary/aromatic N) is 2. The van der Waals surface area contributed by atoms with Crippen molar-refractivity contribution in [1.29, 1.82) is 0 Å². The van der Waals surface area contributed by atoms with E-state index in [4.69, 9.17) is 9.47 Å². The highest BCUT2D eigenvalue weighted by Gasteiger charge is 2.61. The number of allylic oxidation sites excluding steroid dienone is 1. The number of hydrogen-bond acceptors (Lipinski definition) is 6. The van der Waals surface area contributed by atoms with E-state index in [0.717, 1.165) is 43.0 Å². The van der Waals surface area contributed by atoms with Crippen molar-refractivity contribution < 1.29 is 23.9 Å². The van der Waals surface area contributed by atoms with Crippen LogP contribution in [0.15, 0.2) is 61.8 Å². The lowest BCUT2D eigenvalue weighted by molar-refractivity contribution is -0.148. The lowest BCUT2D eigenvalue weighted by Crippen LogP contribution is -2.53. The third-order valence-corrected chi connectivity index (χ3v) is 7.53. The highest BCUT2D eigenvalue weighted by atomic mass is 16.5. The summed E-state index contributed by atoms with van der Waals surface area (Å²) in [7, 11) is 1.30. The second-order valence-corrected chi connectivity index (χ2v) is 10.1. The van der Waals surface area contributed by atoms with Crippen LogP contribution >= 0.6 is 0 Å². The lowest BCUT2D eigenvalue weighted by Gasteiger charge is -2.26. The molecule has 38 heavy (non-hydrogen) atoms. The van der Waals surface area contributed by atoms with Gasteiger partial charge in [-0.15, -0.1) is 13.2 Å². The first-order valence-electron chi connectivity index (χ1n) is 13.4. The van der Waals surface area contributed by atoms with Crippen molar-refractivity contribution in [2.75, 3.05) is 13.7 Å². The summed E-state index contributed by atoms with van der Waals surface area (Å²) in [5, 5.41) is 3.77. The Kier molecular flexibility index (Phi) is 8.81. The Bertz CT molecular complexity index is 1190. The summed E-state index contributed by atoms with van der Waals surface area (Å²) in [4.78, 5) is 45.3. The van der Waals surface area contributed by atoms with Crippen LogP contribution in [-0.2, 0) is 19.1 Å². The van der Waals surface area contributed by atoms with Crippen molar-refractivity contribution in [2.24, 2.45) is 5.92 Å². The zero-order valence-electron chi connectivity index (χ0n) is 22.1. The Morgan fingerprint density at radius 3 is 2.68 bits per heavy atom. The third-order valence-electron chi connectivity index (χ3n) is 7.53. The lowest BCUT2D eigenvalue weighted by atomic mass is 10.1. The summed E-state index contributed by atoms with van der Waals surface area (Å²) in [5.74, 6) is -0.485. The topological polar surface area (TPSA) is 97.8 Å². The number of unbranched alkanes of at least 4 members (excludes halogenated alkanes) is 4. The van der Waals surface area contributed by atoms with Gasteiger partial charge in [-0.3, -0.25) is 14.6 Å². The van der Waals surface area contributed by atoms with E-state index >= 15 is 0 Å². The molecule has 2 fully saturated rings. The number of nitrogens with one attached hydrogen (secondary N) is 1. The van der Waals surface area contributed by atoms with E-state index in [2.05, 4.69) is 23.5 Å². The number of hydrogen-bond donors (Lipinski definition) is 1. The van der Waals surface area contributed by atoms with Crippen LogP contribution in [0.3, 0.4) is 0 Å². The summed E-state index contributed by atoms with van der Waals surface area (Å²) in [5.41, 5.74) is -0.306. The van der Waals surface area contributed by atoms with Gasteiger partial charge in [-0.05, 0) is 43.9 Å². The largest absolute Gasteiger partial charge is 0.488 e. The number of benzene rings is 1. The molecule has 1 aromatic heterocycles. The van der Waals surface area contributed by atoms with Crippen LogP contribution in [0.2, 0.25) is 0 Å². The molecule has 8 nitrogen and oxygen atoms in total. The number of rotatable bonds is 13. The van der Waals surface area contributed by atoms with Gasteiger partial charge in [0.25, 0.3) is 0 Å². The summed E-state index contributed by atoms with van der Waals surface area (Å²) in [6, 6.07) is 8.75. The van der Waals surface area contributed by atoms with Gasteiger partial charge < -0.3 is 19.7 Å². The van der Waals surface area contributed by atoms with Gasteiger partial charge in [0.2, 0.25) is 11.8 Å². The van der Waals surface area contributed by atoms with Crippen LogP contribution in [0, 0.1) is 5.92 Å². The van der Waals surface area contributed by atoms with Crippen molar-refractivity contribution in [1.82, 2.24) is 15.2 Å². The normalized spacial score (nSPS) is 24.0. The maximum absolute atomic E-state index is 13.5. The molecule has 2 amide bonds. The van der Waals surface area contributed by atoms with E-state index in [0.29, 0.717) is 31.6 Å². The Hall–Kier alpha value is -3.68. The maximum atomic E-state index is 13.5. The molecular weight excluding hydrogens is 482 g/mol. The predicted molar refractivity (Wildman–Crippen MR) is 145 cm³/mol. The molecule has 202 valence electrons. The molecule has 0 unspecified atom stereocenters. The van der Waals surface area contributed by atoms with Crippen LogP contribution < -0.4 is 10.1 Å². The molecule has 1 saturated carbocycles. The minimum Gasteiger partial charge on any atom is -0.488 e. The highest BCUT2D eigenvalue weighted by Crippen LogP contribution is 2.45. The molecule has 1 saturated heterocycles. The first-order chi connectivity index (χ1) is 18.4. The van der Waals surface area contributed by atoms with E-state index in [9.17, 15) is 14.4 Å². The molecule has 1 aromatic carbocycles. The van der Waals surface area contributed by atoms with Gasteiger partial charge in [0.15, 0.2) is 0 Å². The smallest absolute Gasteiger partial charge is 0.332 e. The average Bonchev–Trinajstić information content (AvgIpc) is 3.48. The number of carbonyl (C=O) groups is 3. The summed E-state index contributed by atoms with van der Waals surface area (Å²) in [6.45, 7) is 7.81. The molecule has 2 heterocycles. The number of likely N-dealkylation sites (tertiary alicyclic amines) is 1. The van der Waals surface area contributed by atoms with Gasteiger partial charge in [0, 0.05) is 30.3 Å². The summed E-state index contributed by atoms with van der Waals surface area (Å²) < 4.78 is 11.3. The third kappa shape index (κ3) is 5.90. The standard InChI is InChI=1S/C30H37N3O5/c1-4-6-7-8-9-10-15-27(34)33-20-22(38-26-16-17-31-24-14-12-11-13-23(24)26)18-25(33)28(35)32-30(29(36)37-3)19-21(30)5-2/h4-5,11-14,16-17,21-22,25H,1-2,6-10,15,18-20H2,3H3,(H,32,35)/t21-,22+,25-,30+/m0/s1. The molecule has 2 aliphatic rings. The number of amides is 2. The number of para-hydroxylation sites is 1. The van der Waals surface area contributed by atoms with Gasteiger partial charge in [-0.25, -0.2) is 4.79 Å². The zero-order chi connectivity index (χ0) is 27.1. The molecule has 0 spiro atoms. The Balaban J connectivity index is 1.48. The van der Waals surface area contributed by atoms with E-state index in [-0.39, 0.29) is 23.8 Å². The molecular formula is C30H37N3O5. The van der Waals surface area contributed by atoms with Crippen LogP contribution in [0.4, 0.5) is 0 Å². The van der Waals surface area contributed by atoms with Crippen molar-refractivity contribution in [3.8, 4) is 5.75 Å². The minimum absolute atomic E-state index is 0.0808. The molecule has 4 rings (SSSR count). The predicted octanol–water partition coefficient (Wildman–Crippen LogP) is 4.34. The van der Waals surface area contributed by atoms with Crippen molar-refractivity contribution in [3.63, 3.8) is 0 Å². The molecule has 8 heteroatoms. The number of ether oxygens (including phenoxy) is 2. The Morgan fingerprint density at radius 1 is 1.16 bits per heavy atom. The molecule has 4 atom stereocenters. The van der Waals surface area contributed by atoms with Crippen molar-refractivity contribution in [3.05, 3.63) is 61.8 Å². The van der Waals surface area contributed by atoms with Crippen LogP contribution in [0.5, 0.6) is 5.75 Å². The monoisotopic (exact) mass is 519 g/mol. The fraction of sp³-hybridized carbons (Fsp3) is 0.467. The quantitative estimate of drug-likeness (QED) is 0.240. The SMILES string of the molecule is C=CCCCCCCC(=O)N1C[C@H](Oc2ccnc3ccccc23)C[C@H]1C(=O)N[C@]1(C(=O)OC)C[C@@H]1C=C. The van der Waals surface area contributed by atoms with Crippen LogP contribution in [0.1, 0.15) is 51.4 Å².